The average Bonchev–Trinajstić information content (AvgIpc) is 2.39. The molecule has 0 aromatic heterocycles. The third-order valence-corrected chi connectivity index (χ3v) is 3.13. The van der Waals surface area contributed by atoms with Crippen molar-refractivity contribution in [3.8, 4) is 0 Å². The number of alkyl halides is 8. The van der Waals surface area contributed by atoms with Crippen LogP contribution in [-0.2, 0) is 17.1 Å². The number of benzene rings is 1. The topological polar surface area (TPSA) is 38.3 Å². The molecule has 1 saturated heterocycles. The van der Waals surface area contributed by atoms with Crippen LogP contribution in [0.4, 0.5) is 44.3 Å². The van der Waals surface area contributed by atoms with E-state index in [1.807, 2.05) is 0 Å². The van der Waals surface area contributed by atoms with Crippen LogP contribution in [0, 0.1) is 5.82 Å². The van der Waals surface area contributed by atoms with Crippen LogP contribution >= 0.6 is 12.4 Å². The quantitative estimate of drug-likeness (QED) is 0.690. The molecule has 1 aliphatic heterocycles. The summed E-state index contributed by atoms with van der Waals surface area (Å²) in [5.74, 6) is -6.35. The van der Waals surface area contributed by atoms with Gasteiger partial charge in [-0.05, 0) is 12.1 Å². The first-order chi connectivity index (χ1) is 10.7. The first kappa shape index (κ1) is 21.2. The molecule has 3 nitrogen and oxygen atoms in total. The van der Waals surface area contributed by atoms with Gasteiger partial charge in [0.15, 0.2) is 6.61 Å². The Labute approximate surface area is 139 Å². The first-order valence-electron chi connectivity index (χ1n) is 6.02. The number of carbonyl (C=O) groups excluding carboxylic acids is 1. The van der Waals surface area contributed by atoms with E-state index in [1.165, 1.54) is 5.32 Å². The van der Waals surface area contributed by atoms with Crippen molar-refractivity contribution in [3.05, 3.63) is 34.6 Å². The number of hydrogen-bond donors (Lipinski definition) is 1. The van der Waals surface area contributed by atoms with Gasteiger partial charge in [-0.1, -0.05) is 0 Å². The molecule has 25 heavy (non-hydrogen) atoms. The van der Waals surface area contributed by atoms with Crippen molar-refractivity contribution < 1.29 is 49.0 Å². The highest BCUT2D eigenvalue weighted by Gasteiger charge is 2.52. The maximum Gasteiger partial charge on any atom is 0.416 e. The zero-order valence-corrected chi connectivity index (χ0v) is 12.4. The van der Waals surface area contributed by atoms with Crippen LogP contribution in [0.25, 0.3) is 0 Å². The number of carbonyl (C=O) groups is 1. The Balaban J connectivity index is 0.00000312. The number of cyclic esters (lactones) is 1. The summed E-state index contributed by atoms with van der Waals surface area (Å²) in [6, 6.07) is -3.67. The number of amides is 1. The molecule has 0 aliphatic carbocycles. The Bertz CT molecular complexity index is 672. The third kappa shape index (κ3) is 4.22. The molecule has 0 saturated carbocycles. The number of rotatable bonds is 1. The molecule has 1 atom stereocenters. The summed E-state index contributed by atoms with van der Waals surface area (Å²) in [6.07, 6.45) is -12.5. The maximum atomic E-state index is 13.9. The Morgan fingerprint density at radius 3 is 2.12 bits per heavy atom. The lowest BCUT2D eigenvalue weighted by atomic mass is 9.92. The highest BCUT2D eigenvalue weighted by atomic mass is 35.5. The van der Waals surface area contributed by atoms with Crippen LogP contribution in [0.2, 0.25) is 0 Å². The van der Waals surface area contributed by atoms with E-state index in [0.717, 1.165) is 0 Å². The fourth-order valence-electron chi connectivity index (χ4n) is 2.10. The molecule has 0 radical (unpaired) electrons. The maximum absolute atomic E-state index is 13.9. The molecular formula is C12H7ClF9NO2. The number of hydrogen-bond acceptors (Lipinski definition) is 2. The van der Waals surface area contributed by atoms with Crippen molar-refractivity contribution in [3.63, 3.8) is 0 Å². The van der Waals surface area contributed by atoms with Gasteiger partial charge in [0.2, 0.25) is 0 Å². The minimum Gasteiger partial charge on any atom is -0.443 e. The fraction of sp³-hybridized carbons (Fsp3) is 0.417. The normalized spacial score (nSPS) is 20.4. The van der Waals surface area contributed by atoms with Gasteiger partial charge in [0, 0.05) is 5.56 Å². The van der Waals surface area contributed by atoms with Gasteiger partial charge in [-0.25, -0.2) is 18.0 Å². The second-order valence-corrected chi connectivity index (χ2v) is 4.83. The molecule has 142 valence electrons. The third-order valence-electron chi connectivity index (χ3n) is 3.13. The van der Waals surface area contributed by atoms with Crippen molar-refractivity contribution in [2.24, 2.45) is 0 Å². The number of halogens is 10. The van der Waals surface area contributed by atoms with Gasteiger partial charge >= 0.3 is 24.4 Å². The molecule has 1 aliphatic rings. The van der Waals surface area contributed by atoms with Crippen LogP contribution in [0.15, 0.2) is 12.1 Å². The molecule has 2 rings (SSSR count). The van der Waals surface area contributed by atoms with Crippen LogP contribution in [0.5, 0.6) is 0 Å². The Hall–Kier alpha value is -1.85. The standard InChI is InChI=1S/C12H6F9NO2.ClH/c13-6-2-4(11(16,17)18)1-5(12(19,20)21)7(6)8-10(14,15)3-24-9(23)22-8;/h1-2,8H,3H2,(H,22,23);1H/t8-;/m1./s1. The molecule has 1 aromatic rings. The summed E-state index contributed by atoms with van der Waals surface area (Å²) in [6.45, 7) is -1.65. The Kier molecular flexibility index (Phi) is 5.48. The summed E-state index contributed by atoms with van der Waals surface area (Å²) in [7, 11) is 0. The number of ether oxygens (including phenoxy) is 1. The van der Waals surface area contributed by atoms with Crippen molar-refractivity contribution >= 4 is 18.5 Å². The molecule has 1 aromatic carbocycles. The summed E-state index contributed by atoms with van der Waals surface area (Å²) in [5, 5.41) is 1.30. The van der Waals surface area contributed by atoms with Crippen molar-refractivity contribution in [2.75, 3.05) is 6.61 Å². The summed E-state index contributed by atoms with van der Waals surface area (Å²) in [4.78, 5) is 11.0. The van der Waals surface area contributed by atoms with Gasteiger partial charge in [-0.15, -0.1) is 12.4 Å². The lowest BCUT2D eigenvalue weighted by Gasteiger charge is -2.33. The molecule has 0 unspecified atom stereocenters. The summed E-state index contributed by atoms with van der Waals surface area (Å²) < 4.78 is 122. The molecule has 1 N–H and O–H groups in total. The minimum absolute atomic E-state index is 0. The van der Waals surface area contributed by atoms with Gasteiger partial charge < -0.3 is 10.1 Å². The molecule has 1 heterocycles. The van der Waals surface area contributed by atoms with Gasteiger partial charge in [-0.2, -0.15) is 26.3 Å². The van der Waals surface area contributed by atoms with E-state index in [4.69, 9.17) is 0 Å². The lowest BCUT2D eigenvalue weighted by molar-refractivity contribution is -0.146. The molecule has 1 amide bonds. The van der Waals surface area contributed by atoms with Gasteiger partial charge in [0.1, 0.15) is 11.9 Å². The Morgan fingerprint density at radius 1 is 1.08 bits per heavy atom. The molecule has 1 fully saturated rings. The van der Waals surface area contributed by atoms with Gasteiger partial charge in [0.25, 0.3) is 0 Å². The van der Waals surface area contributed by atoms with E-state index in [1.54, 1.807) is 0 Å². The van der Waals surface area contributed by atoms with Gasteiger partial charge in [0.05, 0.1) is 11.1 Å². The van der Waals surface area contributed by atoms with Crippen LogP contribution in [0.1, 0.15) is 22.7 Å². The molecular weight excluding hydrogens is 397 g/mol. The van der Waals surface area contributed by atoms with Crippen LogP contribution in [-0.4, -0.2) is 18.6 Å². The van der Waals surface area contributed by atoms with Crippen molar-refractivity contribution in [1.82, 2.24) is 5.32 Å². The van der Waals surface area contributed by atoms with E-state index in [9.17, 15) is 44.3 Å². The SMILES string of the molecule is Cl.O=C1N[C@H](c2c(F)cc(C(F)(F)F)cc2C(F)(F)F)C(F)(F)CO1. The minimum atomic E-state index is -5.57. The largest absolute Gasteiger partial charge is 0.443 e. The first-order valence-corrected chi connectivity index (χ1v) is 6.02. The van der Waals surface area contributed by atoms with Gasteiger partial charge in [-0.3, -0.25) is 0 Å². The van der Waals surface area contributed by atoms with Crippen molar-refractivity contribution in [1.29, 1.82) is 0 Å². The van der Waals surface area contributed by atoms with E-state index in [2.05, 4.69) is 4.74 Å². The highest BCUT2D eigenvalue weighted by molar-refractivity contribution is 5.85. The number of nitrogens with one attached hydrogen (secondary N) is 1. The predicted molar refractivity (Wildman–Crippen MR) is 65.8 cm³/mol. The smallest absolute Gasteiger partial charge is 0.416 e. The lowest BCUT2D eigenvalue weighted by Crippen LogP contribution is -2.50. The molecule has 0 bridgehead atoms. The Morgan fingerprint density at radius 2 is 1.64 bits per heavy atom. The zero-order valence-electron chi connectivity index (χ0n) is 11.6. The van der Waals surface area contributed by atoms with Crippen molar-refractivity contribution in [2.45, 2.75) is 24.3 Å². The highest BCUT2D eigenvalue weighted by Crippen LogP contribution is 2.44. The van der Waals surface area contributed by atoms with E-state index in [-0.39, 0.29) is 18.5 Å². The van der Waals surface area contributed by atoms with Crippen LogP contribution < -0.4 is 5.32 Å². The molecule has 0 spiro atoms. The number of alkyl carbamates (subject to hydrolysis) is 1. The molecule has 13 heteroatoms. The van der Waals surface area contributed by atoms with E-state index >= 15 is 0 Å². The van der Waals surface area contributed by atoms with E-state index in [0.29, 0.717) is 0 Å². The van der Waals surface area contributed by atoms with Crippen LogP contribution in [0.3, 0.4) is 0 Å². The monoisotopic (exact) mass is 403 g/mol. The summed E-state index contributed by atoms with van der Waals surface area (Å²) in [5.41, 5.74) is -6.06. The van der Waals surface area contributed by atoms with E-state index < -0.39 is 65.6 Å². The second kappa shape index (κ2) is 6.46. The average molecular weight is 404 g/mol. The zero-order chi connectivity index (χ0) is 18.5. The summed E-state index contributed by atoms with van der Waals surface area (Å²) >= 11 is 0. The second-order valence-electron chi connectivity index (χ2n) is 4.83. The predicted octanol–water partition coefficient (Wildman–Crippen LogP) is 4.70. The fourth-order valence-corrected chi connectivity index (χ4v) is 2.10.